The SMILES string of the molecule is O=C(CO)Nc1cccc(-c2ccc(C(=O)N3CCNC3)o2)c1. The number of anilines is 1. The number of hydrogen-bond acceptors (Lipinski definition) is 5. The molecule has 3 N–H and O–H groups in total. The van der Waals surface area contributed by atoms with Crippen molar-refractivity contribution >= 4 is 17.5 Å². The zero-order chi connectivity index (χ0) is 16.2. The third kappa shape index (κ3) is 3.41. The number of carbonyl (C=O) groups excluding carboxylic acids is 2. The first-order valence-electron chi connectivity index (χ1n) is 7.28. The second-order valence-electron chi connectivity index (χ2n) is 5.18. The third-order valence-electron chi connectivity index (χ3n) is 3.54. The Hall–Kier alpha value is -2.64. The van der Waals surface area contributed by atoms with Crippen molar-refractivity contribution in [1.29, 1.82) is 0 Å². The number of aliphatic hydroxyl groups excluding tert-OH is 1. The van der Waals surface area contributed by atoms with Crippen LogP contribution in [0.4, 0.5) is 5.69 Å². The molecule has 0 atom stereocenters. The van der Waals surface area contributed by atoms with Gasteiger partial charge in [-0.25, -0.2) is 0 Å². The Labute approximate surface area is 132 Å². The van der Waals surface area contributed by atoms with E-state index in [4.69, 9.17) is 9.52 Å². The summed E-state index contributed by atoms with van der Waals surface area (Å²) in [5, 5.41) is 14.4. The minimum atomic E-state index is -0.576. The predicted octanol–water partition coefficient (Wildman–Crippen LogP) is 0.880. The predicted molar refractivity (Wildman–Crippen MR) is 83.8 cm³/mol. The Bertz CT molecular complexity index is 720. The van der Waals surface area contributed by atoms with Gasteiger partial charge in [-0.3, -0.25) is 14.9 Å². The molecule has 7 heteroatoms. The van der Waals surface area contributed by atoms with Gasteiger partial charge in [0.2, 0.25) is 5.91 Å². The lowest BCUT2D eigenvalue weighted by Crippen LogP contribution is -2.29. The molecular weight excluding hydrogens is 298 g/mol. The Morgan fingerprint density at radius 1 is 1.30 bits per heavy atom. The topological polar surface area (TPSA) is 94.8 Å². The summed E-state index contributed by atoms with van der Waals surface area (Å²) in [5.41, 5.74) is 1.29. The van der Waals surface area contributed by atoms with Crippen LogP contribution in [-0.4, -0.2) is 48.2 Å². The normalized spacial score (nSPS) is 14.0. The van der Waals surface area contributed by atoms with Crippen molar-refractivity contribution in [1.82, 2.24) is 10.2 Å². The van der Waals surface area contributed by atoms with Crippen LogP contribution in [0.5, 0.6) is 0 Å². The van der Waals surface area contributed by atoms with Crippen molar-refractivity contribution in [3.63, 3.8) is 0 Å². The van der Waals surface area contributed by atoms with E-state index >= 15 is 0 Å². The zero-order valence-corrected chi connectivity index (χ0v) is 12.4. The monoisotopic (exact) mass is 315 g/mol. The molecule has 3 rings (SSSR count). The Kier molecular flexibility index (Phi) is 4.40. The van der Waals surface area contributed by atoms with Crippen molar-refractivity contribution in [3.05, 3.63) is 42.2 Å². The second kappa shape index (κ2) is 6.64. The fourth-order valence-corrected chi connectivity index (χ4v) is 2.39. The summed E-state index contributed by atoms with van der Waals surface area (Å²) in [6.07, 6.45) is 0. The highest BCUT2D eigenvalue weighted by Gasteiger charge is 2.22. The zero-order valence-electron chi connectivity index (χ0n) is 12.4. The molecule has 1 fully saturated rings. The van der Waals surface area contributed by atoms with Crippen LogP contribution in [0.2, 0.25) is 0 Å². The van der Waals surface area contributed by atoms with E-state index in [0.29, 0.717) is 24.7 Å². The Morgan fingerprint density at radius 3 is 2.91 bits per heavy atom. The van der Waals surface area contributed by atoms with E-state index in [9.17, 15) is 9.59 Å². The molecule has 0 bridgehead atoms. The number of amides is 2. The largest absolute Gasteiger partial charge is 0.451 e. The van der Waals surface area contributed by atoms with Gasteiger partial charge in [0.25, 0.3) is 5.91 Å². The summed E-state index contributed by atoms with van der Waals surface area (Å²) in [5.74, 6) is 0.194. The number of hydrogen-bond donors (Lipinski definition) is 3. The lowest BCUT2D eigenvalue weighted by atomic mass is 10.1. The van der Waals surface area contributed by atoms with Gasteiger partial charge in [0.15, 0.2) is 5.76 Å². The van der Waals surface area contributed by atoms with Crippen LogP contribution in [0.15, 0.2) is 40.8 Å². The molecule has 1 aliphatic rings. The van der Waals surface area contributed by atoms with Gasteiger partial charge in [-0.1, -0.05) is 12.1 Å². The number of aliphatic hydroxyl groups is 1. The molecule has 120 valence electrons. The average Bonchev–Trinajstić information content (AvgIpc) is 3.26. The maximum absolute atomic E-state index is 12.3. The van der Waals surface area contributed by atoms with E-state index in [1.807, 2.05) is 6.07 Å². The van der Waals surface area contributed by atoms with E-state index in [0.717, 1.165) is 12.1 Å². The van der Waals surface area contributed by atoms with Crippen molar-refractivity contribution in [2.75, 3.05) is 31.7 Å². The van der Waals surface area contributed by atoms with Gasteiger partial charge in [-0.05, 0) is 24.3 Å². The minimum Gasteiger partial charge on any atom is -0.451 e. The van der Waals surface area contributed by atoms with E-state index in [1.165, 1.54) is 0 Å². The average molecular weight is 315 g/mol. The van der Waals surface area contributed by atoms with E-state index in [2.05, 4.69) is 10.6 Å². The number of furan rings is 1. The summed E-state index contributed by atoms with van der Waals surface area (Å²) in [6.45, 7) is 1.40. The van der Waals surface area contributed by atoms with Gasteiger partial charge in [0, 0.05) is 24.3 Å². The smallest absolute Gasteiger partial charge is 0.290 e. The molecule has 1 aromatic carbocycles. The Balaban J connectivity index is 1.78. The van der Waals surface area contributed by atoms with Crippen LogP contribution >= 0.6 is 0 Å². The van der Waals surface area contributed by atoms with Crippen LogP contribution in [-0.2, 0) is 4.79 Å². The molecule has 0 saturated carbocycles. The van der Waals surface area contributed by atoms with Gasteiger partial charge in [-0.2, -0.15) is 0 Å². The quantitative estimate of drug-likeness (QED) is 0.778. The highest BCUT2D eigenvalue weighted by atomic mass is 16.4. The van der Waals surface area contributed by atoms with E-state index in [-0.39, 0.29) is 11.7 Å². The van der Waals surface area contributed by atoms with Crippen molar-refractivity contribution in [2.24, 2.45) is 0 Å². The fourth-order valence-electron chi connectivity index (χ4n) is 2.39. The highest BCUT2D eigenvalue weighted by Crippen LogP contribution is 2.25. The van der Waals surface area contributed by atoms with Crippen molar-refractivity contribution in [3.8, 4) is 11.3 Å². The molecule has 1 aromatic heterocycles. The maximum atomic E-state index is 12.3. The van der Waals surface area contributed by atoms with Crippen LogP contribution in [0, 0.1) is 0 Å². The van der Waals surface area contributed by atoms with Crippen LogP contribution < -0.4 is 10.6 Å². The van der Waals surface area contributed by atoms with E-state index < -0.39 is 12.5 Å². The molecule has 1 saturated heterocycles. The first-order valence-corrected chi connectivity index (χ1v) is 7.28. The van der Waals surface area contributed by atoms with Gasteiger partial charge in [0.1, 0.15) is 12.4 Å². The first-order chi connectivity index (χ1) is 11.2. The van der Waals surface area contributed by atoms with Gasteiger partial charge in [-0.15, -0.1) is 0 Å². The molecule has 0 aliphatic carbocycles. The number of carbonyl (C=O) groups is 2. The molecule has 2 amide bonds. The summed E-state index contributed by atoms with van der Waals surface area (Å²) >= 11 is 0. The molecule has 0 spiro atoms. The van der Waals surface area contributed by atoms with Crippen LogP contribution in [0.3, 0.4) is 0 Å². The molecule has 0 unspecified atom stereocenters. The highest BCUT2D eigenvalue weighted by molar-refractivity contribution is 5.93. The molecular formula is C16H17N3O4. The first kappa shape index (κ1) is 15.3. The van der Waals surface area contributed by atoms with Crippen LogP contribution in [0.1, 0.15) is 10.6 Å². The summed E-state index contributed by atoms with van der Waals surface area (Å²) in [6, 6.07) is 10.4. The summed E-state index contributed by atoms with van der Waals surface area (Å²) in [4.78, 5) is 25.2. The lowest BCUT2D eigenvalue weighted by Gasteiger charge is -2.11. The van der Waals surface area contributed by atoms with Gasteiger partial charge < -0.3 is 19.7 Å². The molecule has 0 radical (unpaired) electrons. The van der Waals surface area contributed by atoms with Gasteiger partial charge in [0.05, 0.1) is 6.67 Å². The maximum Gasteiger partial charge on any atom is 0.290 e. The molecule has 7 nitrogen and oxygen atoms in total. The van der Waals surface area contributed by atoms with Crippen molar-refractivity contribution < 1.29 is 19.1 Å². The minimum absolute atomic E-state index is 0.147. The number of rotatable bonds is 4. The lowest BCUT2D eigenvalue weighted by molar-refractivity contribution is -0.118. The second-order valence-corrected chi connectivity index (χ2v) is 5.18. The number of nitrogens with one attached hydrogen (secondary N) is 2. The summed E-state index contributed by atoms with van der Waals surface area (Å²) < 4.78 is 5.65. The Morgan fingerprint density at radius 2 is 2.17 bits per heavy atom. The number of benzene rings is 1. The van der Waals surface area contributed by atoms with Crippen LogP contribution in [0.25, 0.3) is 11.3 Å². The summed E-state index contributed by atoms with van der Waals surface area (Å²) in [7, 11) is 0. The van der Waals surface area contributed by atoms with E-state index in [1.54, 1.807) is 35.2 Å². The standard InChI is InChI=1S/C16H17N3O4/c20-9-15(21)18-12-3-1-2-11(8-12)13-4-5-14(23-13)16(22)19-7-6-17-10-19/h1-5,8,17,20H,6-7,9-10H2,(H,18,21). The fraction of sp³-hybridized carbons (Fsp3) is 0.250. The number of nitrogens with zero attached hydrogens (tertiary/aromatic N) is 1. The third-order valence-corrected chi connectivity index (χ3v) is 3.54. The van der Waals surface area contributed by atoms with Crippen molar-refractivity contribution in [2.45, 2.75) is 0 Å². The molecule has 2 aromatic rings. The molecule has 2 heterocycles. The molecule has 1 aliphatic heterocycles. The van der Waals surface area contributed by atoms with Gasteiger partial charge >= 0.3 is 0 Å². The molecule has 23 heavy (non-hydrogen) atoms.